The van der Waals surface area contributed by atoms with E-state index in [1.165, 1.54) is 18.3 Å². The first-order chi connectivity index (χ1) is 5.74. The van der Waals surface area contributed by atoms with Crippen molar-refractivity contribution in [2.75, 3.05) is 0 Å². The maximum Gasteiger partial charge on any atom is 0.170 e. The van der Waals surface area contributed by atoms with E-state index in [9.17, 15) is 4.79 Å². The molecule has 0 N–H and O–H groups in total. The Labute approximate surface area is 74.8 Å². The number of nitrogens with zero attached hydrogens (tertiary/aromatic N) is 1. The molecule has 0 saturated carbocycles. The summed E-state index contributed by atoms with van der Waals surface area (Å²) in [7, 11) is 0. The first-order valence-electron chi connectivity index (χ1n) is 3.40. The summed E-state index contributed by atoms with van der Waals surface area (Å²) in [5.74, 6) is -0.189. The van der Waals surface area contributed by atoms with E-state index in [0.717, 1.165) is 4.88 Å². The van der Waals surface area contributed by atoms with E-state index in [4.69, 9.17) is 5.26 Å². The zero-order valence-electron chi connectivity index (χ0n) is 6.57. The Balaban J connectivity index is 2.95. The van der Waals surface area contributed by atoms with Gasteiger partial charge in [0.1, 0.15) is 6.07 Å². The van der Waals surface area contributed by atoms with Crippen LogP contribution >= 0.6 is 11.3 Å². The van der Waals surface area contributed by atoms with Crippen molar-refractivity contribution in [3.8, 4) is 6.07 Å². The highest BCUT2D eigenvalue weighted by molar-refractivity contribution is 7.10. The molecule has 0 aromatic carbocycles. The fourth-order valence-corrected chi connectivity index (χ4v) is 1.39. The number of rotatable bonds is 2. The molecule has 0 bridgehead atoms. The Hall–Kier alpha value is -1.40. The number of Topliss-reactive ketones (excluding diaryl/α,β-unsaturated/α-hetero) is 1. The summed E-state index contributed by atoms with van der Waals surface area (Å²) in [6.45, 7) is 1.39. The van der Waals surface area contributed by atoms with Crippen LogP contribution in [-0.4, -0.2) is 5.78 Å². The highest BCUT2D eigenvalue weighted by Crippen LogP contribution is 2.13. The lowest BCUT2D eigenvalue weighted by Gasteiger charge is -1.87. The van der Waals surface area contributed by atoms with Gasteiger partial charge in [-0.1, -0.05) is 6.07 Å². The Morgan fingerprint density at radius 3 is 2.92 bits per heavy atom. The molecule has 3 heteroatoms. The minimum atomic E-state index is -0.189. The minimum Gasteiger partial charge on any atom is -0.294 e. The monoisotopic (exact) mass is 177 g/mol. The third-order valence-corrected chi connectivity index (χ3v) is 2.15. The molecule has 1 rings (SSSR count). The van der Waals surface area contributed by atoms with Gasteiger partial charge in [0.15, 0.2) is 5.78 Å². The number of carbonyl (C=O) groups excluding carboxylic acids is 1. The second-order valence-corrected chi connectivity index (χ2v) is 3.22. The number of thiophene rings is 1. The highest BCUT2D eigenvalue weighted by atomic mass is 32.1. The molecule has 0 atom stereocenters. The van der Waals surface area contributed by atoms with Gasteiger partial charge in [0.05, 0.1) is 5.57 Å². The second-order valence-electron chi connectivity index (χ2n) is 2.24. The Morgan fingerprint density at radius 2 is 2.50 bits per heavy atom. The molecule has 0 unspecified atom stereocenters. The van der Waals surface area contributed by atoms with Crippen LogP contribution in [0.4, 0.5) is 0 Å². The Morgan fingerprint density at radius 1 is 1.75 bits per heavy atom. The highest BCUT2D eigenvalue weighted by Gasteiger charge is 2.01. The molecule has 0 aliphatic rings. The number of hydrogen-bond acceptors (Lipinski definition) is 3. The molecule has 0 saturated heterocycles. The molecule has 0 amide bonds. The Kier molecular flexibility index (Phi) is 2.78. The largest absolute Gasteiger partial charge is 0.294 e. The van der Waals surface area contributed by atoms with Crippen molar-refractivity contribution in [2.45, 2.75) is 6.92 Å². The van der Waals surface area contributed by atoms with Crippen LogP contribution in [0.5, 0.6) is 0 Å². The van der Waals surface area contributed by atoms with E-state index < -0.39 is 0 Å². The molecular formula is C9H7NOS. The zero-order valence-corrected chi connectivity index (χ0v) is 7.39. The van der Waals surface area contributed by atoms with Crippen LogP contribution in [0.25, 0.3) is 6.08 Å². The molecule has 60 valence electrons. The minimum absolute atomic E-state index is 0.189. The molecule has 1 aromatic heterocycles. The number of allylic oxidation sites excluding steroid dienone is 1. The average Bonchev–Trinajstić information content (AvgIpc) is 2.51. The van der Waals surface area contributed by atoms with Crippen LogP contribution in [0.2, 0.25) is 0 Å². The molecular weight excluding hydrogens is 170 g/mol. The molecule has 0 fully saturated rings. The summed E-state index contributed by atoms with van der Waals surface area (Å²) in [6.07, 6.45) is 1.60. The van der Waals surface area contributed by atoms with Gasteiger partial charge in [-0.05, 0) is 24.4 Å². The molecule has 1 heterocycles. The van der Waals surface area contributed by atoms with Crippen LogP contribution in [-0.2, 0) is 4.79 Å². The lowest BCUT2D eigenvalue weighted by Crippen LogP contribution is -1.91. The van der Waals surface area contributed by atoms with Crippen LogP contribution in [0.3, 0.4) is 0 Å². The molecule has 0 aliphatic heterocycles. The summed E-state index contributed by atoms with van der Waals surface area (Å²) in [5.41, 5.74) is 0.206. The van der Waals surface area contributed by atoms with Crippen LogP contribution in [0.15, 0.2) is 23.1 Å². The van der Waals surface area contributed by atoms with Crippen LogP contribution in [0.1, 0.15) is 11.8 Å². The third-order valence-electron chi connectivity index (χ3n) is 1.33. The maximum absolute atomic E-state index is 10.8. The fourth-order valence-electron chi connectivity index (χ4n) is 0.728. The third kappa shape index (κ3) is 2.04. The predicted molar refractivity (Wildman–Crippen MR) is 48.6 cm³/mol. The van der Waals surface area contributed by atoms with E-state index in [-0.39, 0.29) is 11.4 Å². The van der Waals surface area contributed by atoms with Crippen LogP contribution < -0.4 is 0 Å². The number of ketones is 1. The van der Waals surface area contributed by atoms with Gasteiger partial charge in [-0.3, -0.25) is 4.79 Å². The predicted octanol–water partition coefficient (Wildman–Crippen LogP) is 2.24. The van der Waals surface area contributed by atoms with E-state index >= 15 is 0 Å². The normalized spacial score (nSPS) is 10.8. The summed E-state index contributed by atoms with van der Waals surface area (Å²) in [6, 6.07) is 5.60. The molecule has 0 aliphatic carbocycles. The van der Waals surface area contributed by atoms with E-state index in [1.807, 2.05) is 23.6 Å². The molecule has 0 spiro atoms. The summed E-state index contributed by atoms with van der Waals surface area (Å²) < 4.78 is 0. The molecule has 2 nitrogen and oxygen atoms in total. The number of hydrogen-bond donors (Lipinski definition) is 0. The van der Waals surface area contributed by atoms with E-state index in [2.05, 4.69) is 0 Å². The van der Waals surface area contributed by atoms with Gasteiger partial charge in [-0.15, -0.1) is 11.3 Å². The van der Waals surface area contributed by atoms with E-state index in [0.29, 0.717) is 0 Å². The standard InChI is InChI=1S/C9H7NOS/c1-7(11)8(6-10)5-9-3-2-4-12-9/h2-5H,1H3. The van der Waals surface area contributed by atoms with Gasteiger partial charge in [-0.25, -0.2) is 0 Å². The van der Waals surface area contributed by atoms with Crippen molar-refractivity contribution in [3.63, 3.8) is 0 Å². The smallest absolute Gasteiger partial charge is 0.170 e. The molecule has 12 heavy (non-hydrogen) atoms. The first kappa shape index (κ1) is 8.69. The van der Waals surface area contributed by atoms with Gasteiger partial charge in [0.25, 0.3) is 0 Å². The van der Waals surface area contributed by atoms with Crippen molar-refractivity contribution in [1.82, 2.24) is 0 Å². The zero-order chi connectivity index (χ0) is 8.97. The summed E-state index contributed by atoms with van der Waals surface area (Å²) in [5, 5.41) is 10.5. The fraction of sp³-hybridized carbons (Fsp3) is 0.111. The van der Waals surface area contributed by atoms with Crippen molar-refractivity contribution in [3.05, 3.63) is 28.0 Å². The van der Waals surface area contributed by atoms with Crippen molar-refractivity contribution < 1.29 is 4.79 Å². The quantitative estimate of drug-likeness (QED) is 0.513. The molecule has 0 radical (unpaired) electrons. The van der Waals surface area contributed by atoms with Crippen molar-refractivity contribution in [2.24, 2.45) is 0 Å². The topological polar surface area (TPSA) is 40.9 Å². The number of nitriles is 1. The Bertz CT molecular complexity index is 343. The summed E-state index contributed by atoms with van der Waals surface area (Å²) in [4.78, 5) is 11.7. The van der Waals surface area contributed by atoms with Crippen molar-refractivity contribution >= 4 is 23.2 Å². The molecule has 1 aromatic rings. The van der Waals surface area contributed by atoms with Gasteiger partial charge in [0, 0.05) is 4.88 Å². The van der Waals surface area contributed by atoms with Crippen LogP contribution in [0, 0.1) is 11.3 Å². The van der Waals surface area contributed by atoms with E-state index in [1.54, 1.807) is 6.08 Å². The SMILES string of the molecule is CC(=O)C(C#N)=Cc1cccs1. The number of carbonyl (C=O) groups is 1. The first-order valence-corrected chi connectivity index (χ1v) is 4.28. The average molecular weight is 177 g/mol. The lowest BCUT2D eigenvalue weighted by atomic mass is 10.2. The van der Waals surface area contributed by atoms with Gasteiger partial charge >= 0.3 is 0 Å². The van der Waals surface area contributed by atoms with Crippen molar-refractivity contribution in [1.29, 1.82) is 5.26 Å². The summed E-state index contributed by atoms with van der Waals surface area (Å²) >= 11 is 1.50. The lowest BCUT2D eigenvalue weighted by molar-refractivity contribution is -0.113. The van der Waals surface area contributed by atoms with Gasteiger partial charge in [0.2, 0.25) is 0 Å². The second kappa shape index (κ2) is 3.84. The maximum atomic E-state index is 10.8. The van der Waals surface area contributed by atoms with Gasteiger partial charge < -0.3 is 0 Å². The van der Waals surface area contributed by atoms with Gasteiger partial charge in [-0.2, -0.15) is 5.26 Å².